The van der Waals surface area contributed by atoms with Crippen LogP contribution in [-0.2, 0) is 9.59 Å². The van der Waals surface area contributed by atoms with Crippen molar-refractivity contribution in [1.82, 2.24) is 5.32 Å². The van der Waals surface area contributed by atoms with Gasteiger partial charge in [-0.25, -0.2) is 4.79 Å². The van der Waals surface area contributed by atoms with Crippen LogP contribution in [0, 0.1) is 0 Å². The first kappa shape index (κ1) is 17.2. The molecule has 0 aromatic heterocycles. The molecule has 5 nitrogen and oxygen atoms in total. The first-order valence-corrected chi connectivity index (χ1v) is 7.43. The SMILES string of the molecule is CCCN(CC(=O)NC)c1cc(Br)ccc1C=CC(=O)O. The maximum atomic E-state index is 11.7. The van der Waals surface area contributed by atoms with Crippen molar-refractivity contribution in [2.24, 2.45) is 0 Å². The number of likely N-dealkylation sites (N-methyl/N-ethyl adjacent to an activating group) is 1. The zero-order chi connectivity index (χ0) is 15.8. The van der Waals surface area contributed by atoms with Crippen LogP contribution in [0.5, 0.6) is 0 Å². The monoisotopic (exact) mass is 354 g/mol. The van der Waals surface area contributed by atoms with Gasteiger partial charge in [0, 0.05) is 29.8 Å². The molecule has 21 heavy (non-hydrogen) atoms. The number of hydrogen-bond acceptors (Lipinski definition) is 3. The van der Waals surface area contributed by atoms with Gasteiger partial charge in [0.05, 0.1) is 6.54 Å². The number of anilines is 1. The number of nitrogens with zero attached hydrogens (tertiary/aromatic N) is 1. The minimum Gasteiger partial charge on any atom is -0.478 e. The molecule has 1 aromatic carbocycles. The molecular weight excluding hydrogens is 336 g/mol. The Morgan fingerprint density at radius 2 is 2.14 bits per heavy atom. The van der Waals surface area contributed by atoms with Crippen molar-refractivity contribution in [3.63, 3.8) is 0 Å². The molecule has 0 radical (unpaired) electrons. The summed E-state index contributed by atoms with van der Waals surface area (Å²) >= 11 is 3.41. The van der Waals surface area contributed by atoms with Crippen LogP contribution in [0.3, 0.4) is 0 Å². The Balaban J connectivity index is 3.17. The number of carboxylic acids is 1. The smallest absolute Gasteiger partial charge is 0.328 e. The molecule has 1 amide bonds. The summed E-state index contributed by atoms with van der Waals surface area (Å²) in [7, 11) is 1.60. The molecule has 0 atom stereocenters. The van der Waals surface area contributed by atoms with E-state index in [9.17, 15) is 9.59 Å². The Hall–Kier alpha value is -1.82. The van der Waals surface area contributed by atoms with Gasteiger partial charge in [-0.1, -0.05) is 28.9 Å². The topological polar surface area (TPSA) is 69.6 Å². The lowest BCUT2D eigenvalue weighted by Crippen LogP contribution is -2.36. The maximum absolute atomic E-state index is 11.7. The molecule has 0 saturated carbocycles. The number of halogens is 1. The lowest BCUT2D eigenvalue weighted by molar-refractivity contribution is -0.131. The van der Waals surface area contributed by atoms with Gasteiger partial charge in [0.25, 0.3) is 0 Å². The van der Waals surface area contributed by atoms with Crippen LogP contribution >= 0.6 is 15.9 Å². The van der Waals surface area contributed by atoms with E-state index >= 15 is 0 Å². The van der Waals surface area contributed by atoms with Gasteiger partial charge in [0.1, 0.15) is 0 Å². The molecule has 1 aromatic rings. The van der Waals surface area contributed by atoms with E-state index in [0.29, 0.717) is 6.54 Å². The first-order chi connectivity index (χ1) is 9.97. The third kappa shape index (κ3) is 5.59. The van der Waals surface area contributed by atoms with Crippen molar-refractivity contribution in [2.75, 3.05) is 25.0 Å². The maximum Gasteiger partial charge on any atom is 0.328 e. The van der Waals surface area contributed by atoms with E-state index < -0.39 is 5.97 Å². The average Bonchev–Trinajstić information content (AvgIpc) is 2.45. The molecule has 0 saturated heterocycles. The standard InChI is InChI=1S/C15H19BrN2O3/c1-3-8-18(10-14(19)17-2)13-9-12(16)6-4-11(13)5-7-15(20)21/h4-7,9H,3,8,10H2,1-2H3,(H,17,19)(H,20,21). The second kappa shape index (κ2) is 8.46. The van der Waals surface area contributed by atoms with Gasteiger partial charge in [0.15, 0.2) is 0 Å². The molecule has 0 fully saturated rings. The number of carbonyl (C=O) groups excluding carboxylic acids is 1. The van der Waals surface area contributed by atoms with Crippen molar-refractivity contribution in [1.29, 1.82) is 0 Å². The molecule has 0 aliphatic heterocycles. The van der Waals surface area contributed by atoms with E-state index in [0.717, 1.165) is 28.2 Å². The van der Waals surface area contributed by atoms with E-state index in [1.54, 1.807) is 7.05 Å². The molecule has 1 rings (SSSR count). The minimum atomic E-state index is -1.00. The van der Waals surface area contributed by atoms with E-state index in [-0.39, 0.29) is 12.5 Å². The van der Waals surface area contributed by atoms with Crippen molar-refractivity contribution in [2.45, 2.75) is 13.3 Å². The van der Waals surface area contributed by atoms with Gasteiger partial charge < -0.3 is 15.3 Å². The van der Waals surface area contributed by atoms with Crippen molar-refractivity contribution in [3.05, 3.63) is 34.3 Å². The van der Waals surface area contributed by atoms with Crippen LogP contribution in [0.2, 0.25) is 0 Å². The second-order valence-electron chi connectivity index (χ2n) is 4.47. The van der Waals surface area contributed by atoms with Crippen molar-refractivity contribution < 1.29 is 14.7 Å². The molecule has 0 aliphatic carbocycles. The Kier molecular flexibility index (Phi) is 6.94. The van der Waals surface area contributed by atoms with Gasteiger partial charge in [-0.2, -0.15) is 0 Å². The van der Waals surface area contributed by atoms with Crippen LogP contribution in [0.15, 0.2) is 28.7 Å². The predicted molar refractivity (Wildman–Crippen MR) is 87.4 cm³/mol. The summed E-state index contributed by atoms with van der Waals surface area (Å²) in [4.78, 5) is 24.3. The number of benzene rings is 1. The van der Waals surface area contributed by atoms with Crippen LogP contribution in [0.25, 0.3) is 6.08 Å². The fraction of sp³-hybridized carbons (Fsp3) is 0.333. The van der Waals surface area contributed by atoms with Gasteiger partial charge in [-0.3, -0.25) is 4.79 Å². The number of carbonyl (C=O) groups is 2. The molecular formula is C15H19BrN2O3. The summed E-state index contributed by atoms with van der Waals surface area (Å²) in [6.07, 6.45) is 3.51. The van der Waals surface area contributed by atoms with Crippen LogP contribution in [0.1, 0.15) is 18.9 Å². The summed E-state index contributed by atoms with van der Waals surface area (Å²) in [5, 5.41) is 11.4. The number of carboxylic acid groups (broad SMARTS) is 1. The highest BCUT2D eigenvalue weighted by Gasteiger charge is 2.13. The van der Waals surface area contributed by atoms with E-state index in [4.69, 9.17) is 5.11 Å². The summed E-state index contributed by atoms with van der Waals surface area (Å²) in [6, 6.07) is 5.56. The average molecular weight is 355 g/mol. The van der Waals surface area contributed by atoms with Gasteiger partial charge in [-0.15, -0.1) is 0 Å². The lowest BCUT2D eigenvalue weighted by Gasteiger charge is -2.25. The number of hydrogen-bond donors (Lipinski definition) is 2. The molecule has 0 aliphatic rings. The Bertz CT molecular complexity index is 544. The Morgan fingerprint density at radius 3 is 2.71 bits per heavy atom. The van der Waals surface area contributed by atoms with Crippen molar-refractivity contribution >= 4 is 39.6 Å². The molecule has 2 N–H and O–H groups in total. The minimum absolute atomic E-state index is 0.0865. The summed E-state index contributed by atoms with van der Waals surface area (Å²) < 4.78 is 0.878. The van der Waals surface area contributed by atoms with Gasteiger partial charge in [-0.05, 0) is 30.2 Å². The van der Waals surface area contributed by atoms with E-state index in [2.05, 4.69) is 21.2 Å². The normalized spacial score (nSPS) is 10.6. The summed E-state index contributed by atoms with van der Waals surface area (Å²) in [6.45, 7) is 2.97. The fourth-order valence-corrected chi connectivity index (χ4v) is 2.25. The highest BCUT2D eigenvalue weighted by molar-refractivity contribution is 9.10. The van der Waals surface area contributed by atoms with E-state index in [1.807, 2.05) is 30.0 Å². The molecule has 0 spiro atoms. The summed E-state index contributed by atoms with van der Waals surface area (Å²) in [5.74, 6) is -1.09. The van der Waals surface area contributed by atoms with E-state index in [1.165, 1.54) is 6.08 Å². The molecule has 6 heteroatoms. The number of amides is 1. The molecule has 114 valence electrons. The zero-order valence-electron chi connectivity index (χ0n) is 12.1. The van der Waals surface area contributed by atoms with Gasteiger partial charge >= 0.3 is 5.97 Å². The third-order valence-electron chi connectivity index (χ3n) is 2.85. The molecule has 0 unspecified atom stereocenters. The number of aliphatic carboxylic acids is 1. The highest BCUT2D eigenvalue weighted by atomic mass is 79.9. The van der Waals surface area contributed by atoms with Gasteiger partial charge in [0.2, 0.25) is 5.91 Å². The number of nitrogens with one attached hydrogen (secondary N) is 1. The van der Waals surface area contributed by atoms with Crippen LogP contribution < -0.4 is 10.2 Å². The Labute approximate surface area is 132 Å². The first-order valence-electron chi connectivity index (χ1n) is 6.64. The predicted octanol–water partition coefficient (Wildman–Crippen LogP) is 2.51. The Morgan fingerprint density at radius 1 is 1.43 bits per heavy atom. The fourth-order valence-electron chi connectivity index (χ4n) is 1.90. The number of rotatable bonds is 7. The third-order valence-corrected chi connectivity index (χ3v) is 3.34. The summed E-state index contributed by atoms with van der Waals surface area (Å²) in [5.41, 5.74) is 1.59. The quantitative estimate of drug-likeness (QED) is 0.738. The zero-order valence-corrected chi connectivity index (χ0v) is 13.7. The van der Waals surface area contributed by atoms with Crippen LogP contribution in [-0.4, -0.2) is 37.1 Å². The second-order valence-corrected chi connectivity index (χ2v) is 5.39. The largest absolute Gasteiger partial charge is 0.478 e. The molecule has 0 bridgehead atoms. The van der Waals surface area contributed by atoms with Crippen LogP contribution in [0.4, 0.5) is 5.69 Å². The molecule has 0 heterocycles. The lowest BCUT2D eigenvalue weighted by atomic mass is 10.1. The van der Waals surface area contributed by atoms with Crippen molar-refractivity contribution in [3.8, 4) is 0 Å². The highest BCUT2D eigenvalue weighted by Crippen LogP contribution is 2.26.